The third kappa shape index (κ3) is 3.66. The van der Waals surface area contributed by atoms with E-state index in [1.807, 2.05) is 0 Å². The summed E-state index contributed by atoms with van der Waals surface area (Å²) in [4.78, 5) is 11.0. The van der Waals surface area contributed by atoms with Crippen LogP contribution in [0.4, 0.5) is 0 Å². The number of allylic oxidation sites excluding steroid dienone is 1. The summed E-state index contributed by atoms with van der Waals surface area (Å²) >= 11 is 0. The highest BCUT2D eigenvalue weighted by molar-refractivity contribution is 7.60. The van der Waals surface area contributed by atoms with Gasteiger partial charge in [-0.15, -0.1) is 0 Å². The molecule has 94 valence electrons. The van der Waals surface area contributed by atoms with E-state index < -0.39 is 7.60 Å². The lowest BCUT2D eigenvalue weighted by molar-refractivity contribution is -0.104. The summed E-state index contributed by atoms with van der Waals surface area (Å²) in [6, 6.07) is 3.31. The van der Waals surface area contributed by atoms with E-state index in [-0.39, 0.29) is 18.5 Å². The maximum Gasteiger partial charge on any atom is 0.364 e. The molecular weight excluding hydrogens is 243 g/mol. The van der Waals surface area contributed by atoms with Crippen LogP contribution in [0, 0.1) is 0 Å². The summed E-state index contributed by atoms with van der Waals surface area (Å²) < 4.78 is 27.5. The first-order chi connectivity index (χ1) is 8.16. The zero-order valence-corrected chi connectivity index (χ0v) is 10.7. The minimum absolute atomic E-state index is 0.0452. The first-order valence-corrected chi connectivity index (χ1v) is 6.80. The highest BCUT2D eigenvalue weighted by Crippen LogP contribution is 2.55. The summed E-state index contributed by atoms with van der Waals surface area (Å²) in [6.45, 7) is 3.75. The van der Waals surface area contributed by atoms with Gasteiger partial charge in [-0.3, -0.25) is 9.36 Å². The largest absolute Gasteiger partial charge is 0.465 e. The molecule has 1 heterocycles. The van der Waals surface area contributed by atoms with Crippen LogP contribution >= 0.6 is 7.60 Å². The van der Waals surface area contributed by atoms with Crippen LogP contribution in [0.2, 0.25) is 0 Å². The van der Waals surface area contributed by atoms with Crippen molar-refractivity contribution in [3.05, 3.63) is 29.5 Å². The van der Waals surface area contributed by atoms with Crippen molar-refractivity contribution >= 4 is 20.0 Å². The molecular formula is C11H15O5P. The van der Waals surface area contributed by atoms with Gasteiger partial charge in [-0.2, -0.15) is 0 Å². The molecule has 1 rings (SSSR count). The number of rotatable bonds is 7. The highest BCUT2D eigenvalue weighted by atomic mass is 31.2. The Balaban J connectivity index is 3.05. The van der Waals surface area contributed by atoms with Crippen LogP contribution in [0.25, 0.3) is 6.08 Å². The normalized spacial score (nSPS) is 12.7. The fourth-order valence-electron chi connectivity index (χ4n) is 1.22. The smallest absolute Gasteiger partial charge is 0.364 e. The number of carbonyl (C=O) groups excluding carboxylic acids is 1. The number of carbonyl (C=O) groups is 1. The van der Waals surface area contributed by atoms with Crippen molar-refractivity contribution in [2.45, 2.75) is 13.8 Å². The number of aldehydes is 1. The summed E-state index contributed by atoms with van der Waals surface area (Å²) in [5.41, 5.74) is 0. The van der Waals surface area contributed by atoms with Crippen molar-refractivity contribution < 1.29 is 22.8 Å². The third-order valence-electron chi connectivity index (χ3n) is 1.87. The Kier molecular flexibility index (Phi) is 5.35. The molecule has 1 aromatic rings. The van der Waals surface area contributed by atoms with Gasteiger partial charge in [0.25, 0.3) is 0 Å². The fraction of sp³-hybridized carbons (Fsp3) is 0.364. The lowest BCUT2D eigenvalue weighted by Crippen LogP contribution is -1.99. The second-order valence-electron chi connectivity index (χ2n) is 3.04. The van der Waals surface area contributed by atoms with Gasteiger partial charge < -0.3 is 13.5 Å². The standard InChI is InChI=1S/C11H15O5P/c1-3-15-17(13,16-4-2)11(9-12)8-10-6-5-7-14-10/h5-9H,3-4H2,1-2H3/b11-8+. The maximum atomic E-state index is 12.3. The van der Waals surface area contributed by atoms with Crippen LogP contribution in [0.1, 0.15) is 19.6 Å². The molecule has 0 fully saturated rings. The monoisotopic (exact) mass is 258 g/mol. The molecule has 0 aliphatic rings. The maximum absolute atomic E-state index is 12.3. The van der Waals surface area contributed by atoms with Crippen molar-refractivity contribution in [1.29, 1.82) is 0 Å². The van der Waals surface area contributed by atoms with Gasteiger partial charge in [0.1, 0.15) is 11.1 Å². The molecule has 17 heavy (non-hydrogen) atoms. The van der Waals surface area contributed by atoms with Gasteiger partial charge in [-0.05, 0) is 32.1 Å². The van der Waals surface area contributed by atoms with Gasteiger partial charge in [0.05, 0.1) is 19.5 Å². The Morgan fingerprint density at radius 1 is 1.41 bits per heavy atom. The lowest BCUT2D eigenvalue weighted by atomic mass is 10.4. The third-order valence-corrected chi connectivity index (χ3v) is 3.93. The molecule has 0 aliphatic heterocycles. The SMILES string of the molecule is CCOP(=O)(OCC)/C(C=O)=C/c1ccco1. The molecule has 5 nitrogen and oxygen atoms in total. The van der Waals surface area contributed by atoms with Crippen LogP contribution < -0.4 is 0 Å². The molecule has 0 spiro atoms. The second-order valence-corrected chi connectivity index (χ2v) is 5.06. The summed E-state index contributed by atoms with van der Waals surface area (Å²) in [5.74, 6) is 0.423. The van der Waals surface area contributed by atoms with Crippen molar-refractivity contribution in [3.8, 4) is 0 Å². The number of furan rings is 1. The van der Waals surface area contributed by atoms with Crippen LogP contribution in [0.5, 0.6) is 0 Å². The molecule has 0 N–H and O–H groups in total. The molecule has 0 aromatic carbocycles. The minimum Gasteiger partial charge on any atom is -0.465 e. The number of hydrogen-bond acceptors (Lipinski definition) is 5. The Bertz CT molecular complexity index is 411. The molecule has 0 amide bonds. The van der Waals surface area contributed by atoms with Crippen LogP contribution in [-0.2, 0) is 18.4 Å². The Labute approximate surface area is 99.9 Å². The molecule has 0 radical (unpaired) electrons. The lowest BCUT2D eigenvalue weighted by Gasteiger charge is -2.16. The zero-order chi connectivity index (χ0) is 12.7. The summed E-state index contributed by atoms with van der Waals surface area (Å²) in [7, 11) is -3.54. The van der Waals surface area contributed by atoms with E-state index in [2.05, 4.69) is 0 Å². The zero-order valence-electron chi connectivity index (χ0n) is 9.79. The van der Waals surface area contributed by atoms with E-state index in [9.17, 15) is 9.36 Å². The molecule has 0 bridgehead atoms. The van der Waals surface area contributed by atoms with E-state index in [1.54, 1.807) is 26.0 Å². The number of hydrogen-bond donors (Lipinski definition) is 0. The fourth-order valence-corrected chi connectivity index (χ4v) is 2.69. The molecule has 1 aromatic heterocycles. The van der Waals surface area contributed by atoms with Crippen molar-refractivity contribution in [1.82, 2.24) is 0 Å². The second kappa shape index (κ2) is 6.55. The molecule has 0 saturated heterocycles. The highest BCUT2D eigenvalue weighted by Gasteiger charge is 2.29. The van der Waals surface area contributed by atoms with E-state index >= 15 is 0 Å². The Hall–Kier alpha value is -1.16. The van der Waals surface area contributed by atoms with Gasteiger partial charge in [0.2, 0.25) is 0 Å². The first kappa shape index (κ1) is 13.9. The average molecular weight is 258 g/mol. The topological polar surface area (TPSA) is 65.7 Å². The van der Waals surface area contributed by atoms with E-state index in [4.69, 9.17) is 13.5 Å². The molecule has 0 saturated carbocycles. The molecule has 0 unspecified atom stereocenters. The van der Waals surface area contributed by atoms with E-state index in [0.717, 1.165) is 0 Å². The Morgan fingerprint density at radius 2 is 2.06 bits per heavy atom. The minimum atomic E-state index is -3.54. The van der Waals surface area contributed by atoms with E-state index in [0.29, 0.717) is 12.0 Å². The predicted molar refractivity (Wildman–Crippen MR) is 63.6 cm³/mol. The van der Waals surface area contributed by atoms with Crippen LogP contribution in [0.3, 0.4) is 0 Å². The van der Waals surface area contributed by atoms with Crippen LogP contribution in [0.15, 0.2) is 28.1 Å². The summed E-state index contributed by atoms with van der Waals surface area (Å²) in [5, 5.41) is -0.0452. The predicted octanol–water partition coefficient (Wildman–Crippen LogP) is 3.09. The van der Waals surface area contributed by atoms with Gasteiger partial charge in [-0.25, -0.2) is 0 Å². The van der Waals surface area contributed by atoms with Gasteiger partial charge in [-0.1, -0.05) is 0 Å². The van der Waals surface area contributed by atoms with Gasteiger partial charge in [0, 0.05) is 0 Å². The van der Waals surface area contributed by atoms with Crippen LogP contribution in [-0.4, -0.2) is 19.5 Å². The summed E-state index contributed by atoms with van der Waals surface area (Å²) in [6.07, 6.45) is 3.29. The van der Waals surface area contributed by atoms with Crippen molar-refractivity contribution in [2.75, 3.05) is 13.2 Å². The first-order valence-electron chi connectivity index (χ1n) is 5.26. The van der Waals surface area contributed by atoms with Gasteiger partial charge in [0.15, 0.2) is 6.29 Å². The quantitative estimate of drug-likeness (QED) is 0.427. The molecule has 0 atom stereocenters. The van der Waals surface area contributed by atoms with E-state index in [1.165, 1.54) is 12.3 Å². The van der Waals surface area contributed by atoms with Crippen molar-refractivity contribution in [2.24, 2.45) is 0 Å². The van der Waals surface area contributed by atoms with Gasteiger partial charge >= 0.3 is 7.60 Å². The Morgan fingerprint density at radius 3 is 2.47 bits per heavy atom. The molecule has 6 heteroatoms. The van der Waals surface area contributed by atoms with Crippen molar-refractivity contribution in [3.63, 3.8) is 0 Å². The molecule has 0 aliphatic carbocycles. The average Bonchev–Trinajstić information content (AvgIpc) is 2.79.